The molecule has 30 heavy (non-hydrogen) atoms. The number of likely N-dealkylation sites (tertiary alicyclic amines) is 1. The van der Waals surface area contributed by atoms with Gasteiger partial charge in [-0.1, -0.05) is 18.2 Å². The lowest BCUT2D eigenvalue weighted by Gasteiger charge is -2.31. The largest absolute Gasteiger partial charge is 0.496 e. The van der Waals surface area contributed by atoms with E-state index < -0.39 is 0 Å². The van der Waals surface area contributed by atoms with Gasteiger partial charge in [0.05, 0.1) is 26.2 Å². The van der Waals surface area contributed by atoms with Gasteiger partial charge in [-0.25, -0.2) is 4.39 Å². The fourth-order valence-electron chi connectivity index (χ4n) is 4.30. The van der Waals surface area contributed by atoms with E-state index in [0.717, 1.165) is 5.56 Å². The van der Waals surface area contributed by atoms with E-state index in [1.54, 1.807) is 12.0 Å². The van der Waals surface area contributed by atoms with Gasteiger partial charge in [-0.3, -0.25) is 9.59 Å². The topological polar surface area (TPSA) is 59.1 Å². The van der Waals surface area contributed by atoms with Crippen molar-refractivity contribution in [3.05, 3.63) is 65.5 Å². The summed E-state index contributed by atoms with van der Waals surface area (Å²) in [6.45, 7) is 2.87. The van der Waals surface area contributed by atoms with Gasteiger partial charge in [-0.05, 0) is 35.9 Å². The molecule has 2 fully saturated rings. The minimum Gasteiger partial charge on any atom is -0.496 e. The summed E-state index contributed by atoms with van der Waals surface area (Å²) < 4.78 is 24.2. The Morgan fingerprint density at radius 3 is 2.40 bits per heavy atom. The molecule has 7 heteroatoms. The number of ether oxygens (including phenoxy) is 2. The molecule has 2 aliphatic heterocycles. The molecular weight excluding hydrogens is 387 g/mol. The van der Waals surface area contributed by atoms with Crippen LogP contribution in [0, 0.1) is 11.7 Å². The number of benzene rings is 2. The molecule has 2 amide bonds. The zero-order valence-electron chi connectivity index (χ0n) is 16.9. The van der Waals surface area contributed by atoms with Crippen molar-refractivity contribution in [3.63, 3.8) is 0 Å². The van der Waals surface area contributed by atoms with Crippen molar-refractivity contribution >= 4 is 11.8 Å². The molecule has 2 atom stereocenters. The Hall–Kier alpha value is -2.93. The maximum atomic E-state index is 13.4. The lowest BCUT2D eigenvalue weighted by molar-refractivity contribution is -0.139. The van der Waals surface area contributed by atoms with Crippen LogP contribution >= 0.6 is 0 Å². The number of halogens is 1. The lowest BCUT2D eigenvalue weighted by Crippen LogP contribution is -2.45. The summed E-state index contributed by atoms with van der Waals surface area (Å²) >= 11 is 0. The van der Waals surface area contributed by atoms with Crippen molar-refractivity contribution in [2.24, 2.45) is 5.92 Å². The fraction of sp³-hybridized carbons (Fsp3) is 0.391. The molecule has 2 aliphatic rings. The Morgan fingerprint density at radius 2 is 1.70 bits per heavy atom. The average Bonchev–Trinajstić information content (AvgIpc) is 3.24. The van der Waals surface area contributed by atoms with Crippen LogP contribution in [0.15, 0.2) is 48.5 Å². The van der Waals surface area contributed by atoms with Crippen molar-refractivity contribution in [1.82, 2.24) is 9.80 Å². The fourth-order valence-corrected chi connectivity index (χ4v) is 4.30. The summed E-state index contributed by atoms with van der Waals surface area (Å²) in [6.07, 6.45) is 0. The van der Waals surface area contributed by atoms with Crippen molar-refractivity contribution in [2.45, 2.75) is 5.92 Å². The minimum atomic E-state index is -0.389. The van der Waals surface area contributed by atoms with Crippen LogP contribution in [0.4, 0.5) is 4.39 Å². The molecule has 2 heterocycles. The van der Waals surface area contributed by atoms with E-state index in [2.05, 4.69) is 0 Å². The van der Waals surface area contributed by atoms with E-state index in [9.17, 15) is 14.0 Å². The maximum Gasteiger partial charge on any atom is 0.253 e. The highest BCUT2D eigenvalue weighted by atomic mass is 19.1. The van der Waals surface area contributed by atoms with Gasteiger partial charge in [0.2, 0.25) is 5.91 Å². The highest BCUT2D eigenvalue weighted by molar-refractivity contribution is 5.95. The third-order valence-corrected chi connectivity index (χ3v) is 5.88. The van der Waals surface area contributed by atoms with Crippen LogP contribution in [-0.4, -0.2) is 68.1 Å². The molecule has 0 radical (unpaired) electrons. The third kappa shape index (κ3) is 4.03. The van der Waals surface area contributed by atoms with E-state index in [1.165, 1.54) is 24.3 Å². The van der Waals surface area contributed by atoms with E-state index in [-0.39, 0.29) is 29.5 Å². The quantitative estimate of drug-likeness (QED) is 0.775. The Labute approximate surface area is 175 Å². The number of carbonyl (C=O) groups is 2. The Kier molecular flexibility index (Phi) is 5.99. The van der Waals surface area contributed by atoms with Gasteiger partial charge in [0.25, 0.3) is 5.91 Å². The van der Waals surface area contributed by atoms with E-state index in [1.807, 2.05) is 29.2 Å². The summed E-state index contributed by atoms with van der Waals surface area (Å²) in [5, 5.41) is 0. The van der Waals surface area contributed by atoms with Crippen LogP contribution in [0.2, 0.25) is 0 Å². The highest BCUT2D eigenvalue weighted by Gasteiger charge is 2.43. The highest BCUT2D eigenvalue weighted by Crippen LogP contribution is 2.39. The van der Waals surface area contributed by atoms with Gasteiger partial charge in [0.1, 0.15) is 11.6 Å². The molecule has 0 spiro atoms. The van der Waals surface area contributed by atoms with Crippen molar-refractivity contribution in [2.75, 3.05) is 46.5 Å². The van der Waals surface area contributed by atoms with E-state index in [0.29, 0.717) is 50.7 Å². The van der Waals surface area contributed by atoms with Gasteiger partial charge in [0, 0.05) is 37.7 Å². The standard InChI is InChI=1S/C23H25FN2O4/c1-29-21-5-3-2-4-18(21)19-14-26(22(27)16-6-8-17(24)9-7-16)15-20(19)23(28)25-10-12-30-13-11-25/h2-9,19-20H,10-15H2,1H3/t19-,20+/m1/s1. The van der Waals surface area contributed by atoms with Crippen LogP contribution in [0.5, 0.6) is 5.75 Å². The first-order valence-electron chi connectivity index (χ1n) is 10.1. The first-order valence-corrected chi connectivity index (χ1v) is 10.1. The number of rotatable bonds is 4. The molecular formula is C23H25FN2O4. The molecule has 0 aromatic heterocycles. The number of nitrogens with zero attached hydrogens (tertiary/aromatic N) is 2. The second-order valence-corrected chi connectivity index (χ2v) is 7.61. The molecule has 2 aromatic carbocycles. The number of methoxy groups -OCH3 is 1. The van der Waals surface area contributed by atoms with E-state index in [4.69, 9.17) is 9.47 Å². The van der Waals surface area contributed by atoms with Crippen molar-refractivity contribution < 1.29 is 23.5 Å². The predicted octanol–water partition coefficient (Wildman–Crippen LogP) is 2.55. The van der Waals surface area contributed by atoms with Gasteiger partial charge in [-0.15, -0.1) is 0 Å². The summed E-state index contributed by atoms with van der Waals surface area (Å²) in [5.74, 6) is -0.404. The van der Waals surface area contributed by atoms with E-state index >= 15 is 0 Å². The van der Waals surface area contributed by atoms with Crippen molar-refractivity contribution in [1.29, 1.82) is 0 Å². The third-order valence-electron chi connectivity index (χ3n) is 5.88. The number of carbonyl (C=O) groups excluding carboxylic acids is 2. The molecule has 6 nitrogen and oxygen atoms in total. The van der Waals surface area contributed by atoms with Crippen molar-refractivity contribution in [3.8, 4) is 5.75 Å². The minimum absolute atomic E-state index is 0.0311. The Morgan fingerprint density at radius 1 is 1.00 bits per heavy atom. The maximum absolute atomic E-state index is 13.4. The lowest BCUT2D eigenvalue weighted by atomic mass is 9.87. The Balaban J connectivity index is 1.63. The number of amides is 2. The van der Waals surface area contributed by atoms with Gasteiger partial charge < -0.3 is 19.3 Å². The number of para-hydroxylation sites is 1. The summed E-state index contributed by atoms with van der Waals surface area (Å²) in [7, 11) is 1.61. The Bertz CT molecular complexity index is 912. The first-order chi connectivity index (χ1) is 14.6. The second kappa shape index (κ2) is 8.83. The molecule has 0 bridgehead atoms. The molecule has 4 rings (SSSR count). The zero-order chi connectivity index (χ0) is 21.1. The van der Waals surface area contributed by atoms with Crippen LogP contribution in [0.25, 0.3) is 0 Å². The molecule has 0 aliphatic carbocycles. The molecule has 0 unspecified atom stereocenters. The number of morpholine rings is 1. The van der Waals surface area contributed by atoms with Gasteiger partial charge >= 0.3 is 0 Å². The normalized spacial score (nSPS) is 21.5. The van der Waals surface area contributed by atoms with Crippen LogP contribution in [0.3, 0.4) is 0 Å². The summed E-state index contributed by atoms with van der Waals surface area (Å²) in [6, 6.07) is 13.1. The SMILES string of the molecule is COc1ccccc1[C@H]1CN(C(=O)c2ccc(F)cc2)C[C@@H]1C(=O)N1CCOCC1. The zero-order valence-corrected chi connectivity index (χ0v) is 16.9. The summed E-state index contributed by atoms with van der Waals surface area (Å²) in [4.78, 5) is 29.9. The molecule has 0 saturated carbocycles. The average molecular weight is 412 g/mol. The van der Waals surface area contributed by atoms with Gasteiger partial charge in [0.15, 0.2) is 0 Å². The molecule has 2 aromatic rings. The van der Waals surface area contributed by atoms with Crippen LogP contribution in [-0.2, 0) is 9.53 Å². The summed E-state index contributed by atoms with van der Waals surface area (Å²) in [5.41, 5.74) is 1.33. The first kappa shape index (κ1) is 20.3. The van der Waals surface area contributed by atoms with Crippen LogP contribution < -0.4 is 4.74 Å². The smallest absolute Gasteiger partial charge is 0.253 e. The number of hydrogen-bond acceptors (Lipinski definition) is 4. The second-order valence-electron chi connectivity index (χ2n) is 7.61. The van der Waals surface area contributed by atoms with Gasteiger partial charge in [-0.2, -0.15) is 0 Å². The predicted molar refractivity (Wildman–Crippen MR) is 109 cm³/mol. The molecule has 2 saturated heterocycles. The number of hydrogen-bond donors (Lipinski definition) is 0. The van der Waals surface area contributed by atoms with Crippen LogP contribution in [0.1, 0.15) is 21.8 Å². The molecule has 0 N–H and O–H groups in total. The monoisotopic (exact) mass is 412 g/mol. The molecule has 158 valence electrons.